The van der Waals surface area contributed by atoms with Crippen molar-refractivity contribution in [1.29, 1.82) is 0 Å². The van der Waals surface area contributed by atoms with E-state index in [1.165, 1.54) is 5.56 Å². The van der Waals surface area contributed by atoms with Crippen molar-refractivity contribution in [2.24, 2.45) is 7.05 Å². The maximum absolute atomic E-state index is 12.1. The number of carbonyl (C=O) groups excluding carboxylic acids is 1. The number of aryl methyl sites for hydroxylation is 1. The Morgan fingerprint density at radius 1 is 1.40 bits per heavy atom. The third-order valence-corrected chi connectivity index (χ3v) is 3.37. The molecule has 0 aliphatic carbocycles. The highest BCUT2D eigenvalue weighted by Gasteiger charge is 2.08. The van der Waals surface area contributed by atoms with Crippen LogP contribution in [0, 0.1) is 0 Å². The Labute approximate surface area is 119 Å². The highest BCUT2D eigenvalue weighted by molar-refractivity contribution is 5.94. The summed E-state index contributed by atoms with van der Waals surface area (Å²) in [5.74, 6) is 1.37. The van der Waals surface area contributed by atoms with Crippen LogP contribution in [0.3, 0.4) is 0 Å². The molecule has 4 nitrogen and oxygen atoms in total. The van der Waals surface area contributed by atoms with Gasteiger partial charge in [-0.15, -0.1) is 0 Å². The zero-order valence-electron chi connectivity index (χ0n) is 12.3. The van der Waals surface area contributed by atoms with Gasteiger partial charge in [-0.05, 0) is 23.6 Å². The molecule has 1 heterocycles. The molecule has 0 saturated heterocycles. The summed E-state index contributed by atoms with van der Waals surface area (Å²) in [6.07, 6.45) is 4.41. The molecule has 1 N–H and O–H groups in total. The van der Waals surface area contributed by atoms with Gasteiger partial charge in [0, 0.05) is 38.0 Å². The highest BCUT2D eigenvalue weighted by atomic mass is 16.1. The fraction of sp³-hybridized carbons (Fsp3) is 0.375. The lowest BCUT2D eigenvalue weighted by atomic mass is 10.0. The van der Waals surface area contributed by atoms with Crippen molar-refractivity contribution in [2.75, 3.05) is 6.54 Å². The predicted molar refractivity (Wildman–Crippen MR) is 79.8 cm³/mol. The minimum atomic E-state index is -0.0262. The van der Waals surface area contributed by atoms with Crippen LogP contribution in [-0.2, 0) is 13.5 Å². The number of imidazole rings is 1. The van der Waals surface area contributed by atoms with Crippen LogP contribution in [-0.4, -0.2) is 22.0 Å². The van der Waals surface area contributed by atoms with E-state index in [-0.39, 0.29) is 5.91 Å². The molecular formula is C16H21N3O. The molecule has 1 aromatic heterocycles. The van der Waals surface area contributed by atoms with Gasteiger partial charge in [-0.25, -0.2) is 4.98 Å². The zero-order valence-corrected chi connectivity index (χ0v) is 12.3. The van der Waals surface area contributed by atoms with Crippen molar-refractivity contribution in [3.8, 4) is 0 Å². The molecule has 1 aromatic carbocycles. The number of hydrogen-bond donors (Lipinski definition) is 1. The first-order valence-electron chi connectivity index (χ1n) is 6.92. The largest absolute Gasteiger partial charge is 0.352 e. The molecule has 0 aliphatic rings. The van der Waals surface area contributed by atoms with Crippen LogP contribution < -0.4 is 5.32 Å². The molecule has 0 radical (unpaired) electrons. The normalized spacial score (nSPS) is 10.8. The third kappa shape index (κ3) is 3.47. The Balaban J connectivity index is 1.92. The number of hydrogen-bond acceptors (Lipinski definition) is 2. The molecule has 20 heavy (non-hydrogen) atoms. The van der Waals surface area contributed by atoms with Crippen molar-refractivity contribution in [3.05, 3.63) is 53.6 Å². The maximum atomic E-state index is 12.1. The third-order valence-electron chi connectivity index (χ3n) is 3.37. The Morgan fingerprint density at radius 2 is 2.20 bits per heavy atom. The summed E-state index contributed by atoms with van der Waals surface area (Å²) in [6.45, 7) is 4.84. The second-order valence-electron chi connectivity index (χ2n) is 5.24. The molecule has 0 bridgehead atoms. The van der Waals surface area contributed by atoms with Gasteiger partial charge in [-0.2, -0.15) is 0 Å². The summed E-state index contributed by atoms with van der Waals surface area (Å²) in [4.78, 5) is 16.3. The number of nitrogens with one attached hydrogen (secondary N) is 1. The Kier molecular flexibility index (Phi) is 4.56. The van der Waals surface area contributed by atoms with E-state index in [9.17, 15) is 4.79 Å². The fourth-order valence-corrected chi connectivity index (χ4v) is 2.07. The van der Waals surface area contributed by atoms with Crippen LogP contribution in [0.2, 0.25) is 0 Å². The first kappa shape index (κ1) is 14.3. The van der Waals surface area contributed by atoms with Crippen LogP contribution in [0.25, 0.3) is 0 Å². The van der Waals surface area contributed by atoms with E-state index in [4.69, 9.17) is 0 Å². The van der Waals surface area contributed by atoms with Gasteiger partial charge in [-0.3, -0.25) is 4.79 Å². The lowest BCUT2D eigenvalue weighted by Crippen LogP contribution is -2.26. The molecule has 4 heteroatoms. The summed E-state index contributed by atoms with van der Waals surface area (Å²) in [5, 5.41) is 2.94. The number of aromatic nitrogens is 2. The predicted octanol–water partition coefficient (Wildman–Crippen LogP) is 2.52. The van der Waals surface area contributed by atoms with E-state index in [0.717, 1.165) is 17.8 Å². The second-order valence-corrected chi connectivity index (χ2v) is 5.24. The minimum Gasteiger partial charge on any atom is -0.352 e. The van der Waals surface area contributed by atoms with Crippen LogP contribution in [0.15, 0.2) is 36.7 Å². The van der Waals surface area contributed by atoms with E-state index in [0.29, 0.717) is 12.5 Å². The zero-order chi connectivity index (χ0) is 14.5. The second kappa shape index (κ2) is 6.37. The van der Waals surface area contributed by atoms with E-state index < -0.39 is 0 Å². The number of rotatable bonds is 5. The van der Waals surface area contributed by atoms with Crippen molar-refractivity contribution in [2.45, 2.75) is 26.2 Å². The standard InChI is InChI=1S/C16H21N3O/c1-12(2)13-5-4-6-14(11-13)16(20)18-8-7-15-17-9-10-19(15)3/h4-6,9-12H,7-8H2,1-3H3,(H,18,20). The average molecular weight is 271 g/mol. The molecule has 0 saturated carbocycles. The first-order chi connectivity index (χ1) is 9.58. The van der Waals surface area contributed by atoms with Crippen molar-refractivity contribution >= 4 is 5.91 Å². The van der Waals surface area contributed by atoms with Gasteiger partial charge in [0.1, 0.15) is 5.82 Å². The van der Waals surface area contributed by atoms with Gasteiger partial charge in [0.2, 0.25) is 0 Å². The van der Waals surface area contributed by atoms with E-state index in [2.05, 4.69) is 30.2 Å². The molecule has 0 aliphatic heterocycles. The monoisotopic (exact) mass is 271 g/mol. The molecule has 0 spiro atoms. The average Bonchev–Trinajstić information content (AvgIpc) is 2.84. The van der Waals surface area contributed by atoms with E-state index in [1.54, 1.807) is 6.20 Å². The maximum Gasteiger partial charge on any atom is 0.251 e. The van der Waals surface area contributed by atoms with Gasteiger partial charge in [0.25, 0.3) is 5.91 Å². The summed E-state index contributed by atoms with van der Waals surface area (Å²) in [5.41, 5.74) is 1.90. The van der Waals surface area contributed by atoms with Crippen molar-refractivity contribution in [3.63, 3.8) is 0 Å². The fourth-order valence-electron chi connectivity index (χ4n) is 2.07. The summed E-state index contributed by atoms with van der Waals surface area (Å²) in [7, 11) is 1.95. The van der Waals surface area contributed by atoms with E-state index in [1.807, 2.05) is 36.0 Å². The molecule has 1 amide bonds. The Hall–Kier alpha value is -2.10. The minimum absolute atomic E-state index is 0.0262. The molecule has 106 valence electrons. The molecular weight excluding hydrogens is 250 g/mol. The topological polar surface area (TPSA) is 46.9 Å². The first-order valence-corrected chi connectivity index (χ1v) is 6.92. The number of amides is 1. The molecule has 0 unspecified atom stereocenters. The van der Waals surface area contributed by atoms with Gasteiger partial charge >= 0.3 is 0 Å². The number of carbonyl (C=O) groups is 1. The Bertz CT molecular complexity index is 587. The summed E-state index contributed by atoms with van der Waals surface area (Å²) >= 11 is 0. The summed E-state index contributed by atoms with van der Waals surface area (Å²) in [6, 6.07) is 7.79. The van der Waals surface area contributed by atoms with E-state index >= 15 is 0 Å². The molecule has 0 fully saturated rings. The van der Waals surface area contributed by atoms with Gasteiger partial charge in [0.05, 0.1) is 0 Å². The van der Waals surface area contributed by atoms with Crippen LogP contribution in [0.1, 0.15) is 41.5 Å². The van der Waals surface area contributed by atoms with Crippen LogP contribution >= 0.6 is 0 Å². The lowest BCUT2D eigenvalue weighted by molar-refractivity contribution is 0.0954. The van der Waals surface area contributed by atoms with Gasteiger partial charge < -0.3 is 9.88 Å². The Morgan fingerprint density at radius 3 is 2.85 bits per heavy atom. The number of nitrogens with zero attached hydrogens (tertiary/aromatic N) is 2. The van der Waals surface area contributed by atoms with Crippen LogP contribution in [0.5, 0.6) is 0 Å². The van der Waals surface area contributed by atoms with Crippen LogP contribution in [0.4, 0.5) is 0 Å². The van der Waals surface area contributed by atoms with Gasteiger partial charge in [-0.1, -0.05) is 26.0 Å². The molecule has 2 aromatic rings. The highest BCUT2D eigenvalue weighted by Crippen LogP contribution is 2.15. The summed E-state index contributed by atoms with van der Waals surface area (Å²) < 4.78 is 1.96. The van der Waals surface area contributed by atoms with Crippen molar-refractivity contribution < 1.29 is 4.79 Å². The van der Waals surface area contributed by atoms with Gasteiger partial charge in [0.15, 0.2) is 0 Å². The lowest BCUT2D eigenvalue weighted by Gasteiger charge is -2.09. The number of benzene rings is 1. The molecule has 0 atom stereocenters. The SMILES string of the molecule is CC(C)c1cccc(C(=O)NCCc2nccn2C)c1. The quantitative estimate of drug-likeness (QED) is 0.908. The molecule has 2 rings (SSSR count). The van der Waals surface area contributed by atoms with Crippen molar-refractivity contribution in [1.82, 2.24) is 14.9 Å². The smallest absolute Gasteiger partial charge is 0.251 e.